The summed E-state index contributed by atoms with van der Waals surface area (Å²) in [6.45, 7) is 2.70. The summed E-state index contributed by atoms with van der Waals surface area (Å²) >= 11 is 0. The quantitative estimate of drug-likeness (QED) is 0.730. The van der Waals surface area contributed by atoms with Crippen LogP contribution in [0.25, 0.3) is 11.0 Å². The number of nitrogens with one attached hydrogen (secondary N) is 2. The van der Waals surface area contributed by atoms with Gasteiger partial charge in [0, 0.05) is 32.9 Å². The Morgan fingerprint density at radius 1 is 0.964 bits per heavy atom. The highest BCUT2D eigenvalue weighted by Gasteiger charge is 2.20. The summed E-state index contributed by atoms with van der Waals surface area (Å²) in [4.78, 5) is 27.1. The number of rotatable bonds is 3. The van der Waals surface area contributed by atoms with Crippen molar-refractivity contribution in [2.24, 2.45) is 14.1 Å². The van der Waals surface area contributed by atoms with Crippen LogP contribution in [0.1, 0.15) is 0 Å². The van der Waals surface area contributed by atoms with E-state index in [1.54, 1.807) is 23.2 Å². The molecule has 4 rings (SSSR count). The van der Waals surface area contributed by atoms with Gasteiger partial charge in [-0.3, -0.25) is 9.13 Å². The van der Waals surface area contributed by atoms with Crippen molar-refractivity contribution in [2.75, 3.05) is 41.8 Å². The van der Waals surface area contributed by atoms with Gasteiger partial charge in [0.1, 0.15) is 0 Å². The van der Waals surface area contributed by atoms with Crippen LogP contribution in [-0.2, 0) is 18.8 Å². The van der Waals surface area contributed by atoms with E-state index in [9.17, 15) is 9.59 Å². The Bertz CT molecular complexity index is 1060. The van der Waals surface area contributed by atoms with Gasteiger partial charge < -0.3 is 20.3 Å². The summed E-state index contributed by atoms with van der Waals surface area (Å²) in [5.41, 5.74) is 3.72. The highest BCUT2D eigenvalue weighted by atomic mass is 16.5. The van der Waals surface area contributed by atoms with Gasteiger partial charge in [-0.05, 0) is 24.3 Å². The van der Waals surface area contributed by atoms with Crippen LogP contribution in [0.15, 0.2) is 47.3 Å². The van der Waals surface area contributed by atoms with Crippen molar-refractivity contribution in [3.8, 4) is 0 Å². The molecule has 0 atom stereocenters. The Balaban J connectivity index is 1.72. The van der Waals surface area contributed by atoms with Crippen LogP contribution in [0, 0.1) is 0 Å². The number of aryl methyl sites for hydroxylation is 2. The lowest BCUT2D eigenvalue weighted by molar-refractivity contribution is 0.123. The number of para-hydroxylation sites is 1. The predicted octanol–water partition coefficient (Wildman–Crippen LogP) is 2.36. The van der Waals surface area contributed by atoms with Gasteiger partial charge in [0.25, 0.3) is 0 Å². The van der Waals surface area contributed by atoms with Crippen molar-refractivity contribution in [1.29, 1.82) is 0 Å². The van der Waals surface area contributed by atoms with Crippen molar-refractivity contribution in [3.05, 3.63) is 52.9 Å². The van der Waals surface area contributed by atoms with E-state index in [0.29, 0.717) is 24.6 Å². The van der Waals surface area contributed by atoms with E-state index in [1.807, 2.05) is 42.5 Å². The molecule has 1 fully saturated rings. The number of carbonyl (C=O) groups is 1. The number of amides is 2. The van der Waals surface area contributed by atoms with E-state index in [0.717, 1.165) is 29.8 Å². The Hall–Kier alpha value is -3.26. The van der Waals surface area contributed by atoms with Gasteiger partial charge in [0.05, 0.1) is 35.6 Å². The molecule has 2 heterocycles. The first-order valence-electron chi connectivity index (χ1n) is 9.20. The molecule has 0 saturated carbocycles. The van der Waals surface area contributed by atoms with E-state index < -0.39 is 0 Å². The Morgan fingerprint density at radius 2 is 1.61 bits per heavy atom. The zero-order valence-corrected chi connectivity index (χ0v) is 15.9. The van der Waals surface area contributed by atoms with Crippen LogP contribution in [0.4, 0.5) is 21.9 Å². The van der Waals surface area contributed by atoms with Gasteiger partial charge in [-0.15, -0.1) is 0 Å². The molecule has 0 spiro atoms. The van der Waals surface area contributed by atoms with Gasteiger partial charge in [-0.1, -0.05) is 18.2 Å². The van der Waals surface area contributed by atoms with Crippen molar-refractivity contribution in [2.45, 2.75) is 0 Å². The van der Waals surface area contributed by atoms with Crippen molar-refractivity contribution in [3.63, 3.8) is 0 Å². The fraction of sp³-hybridized carbons (Fsp3) is 0.300. The van der Waals surface area contributed by atoms with Gasteiger partial charge >= 0.3 is 11.7 Å². The molecule has 2 aromatic carbocycles. The first-order chi connectivity index (χ1) is 13.5. The molecule has 3 aromatic rings. The number of anilines is 3. The molecule has 1 aliphatic rings. The standard InChI is InChI=1S/C20H23N5O3/c1-23-17-12-15(22-19(26)21-14-6-4-3-5-7-14)16(25-8-10-28-11-9-25)13-18(17)24(2)20(23)27/h3-7,12-13H,8-11H2,1-2H3,(H2,21,22,26). The molecule has 1 aliphatic heterocycles. The number of imidazole rings is 1. The number of benzene rings is 2. The number of urea groups is 1. The third-order valence-electron chi connectivity index (χ3n) is 5.02. The predicted molar refractivity (Wildman–Crippen MR) is 110 cm³/mol. The summed E-state index contributed by atoms with van der Waals surface area (Å²) in [6, 6.07) is 12.7. The average Bonchev–Trinajstić information content (AvgIpc) is 2.92. The molecule has 0 unspecified atom stereocenters. The molecule has 2 amide bonds. The summed E-state index contributed by atoms with van der Waals surface area (Å²) < 4.78 is 8.66. The molecule has 146 valence electrons. The monoisotopic (exact) mass is 381 g/mol. The number of fused-ring (bicyclic) bond motifs is 1. The minimum absolute atomic E-state index is 0.103. The molecule has 8 heteroatoms. The van der Waals surface area contributed by atoms with E-state index >= 15 is 0 Å². The first kappa shape index (κ1) is 18.1. The fourth-order valence-electron chi connectivity index (χ4n) is 3.51. The molecular weight excluding hydrogens is 358 g/mol. The normalized spacial score (nSPS) is 14.3. The molecule has 8 nitrogen and oxygen atoms in total. The van der Waals surface area contributed by atoms with E-state index in [2.05, 4.69) is 15.5 Å². The smallest absolute Gasteiger partial charge is 0.328 e. The van der Waals surface area contributed by atoms with Crippen molar-refractivity contribution in [1.82, 2.24) is 9.13 Å². The molecule has 1 saturated heterocycles. The Labute approximate surface area is 162 Å². The molecule has 28 heavy (non-hydrogen) atoms. The number of nitrogens with zero attached hydrogens (tertiary/aromatic N) is 3. The zero-order chi connectivity index (χ0) is 19.7. The lowest BCUT2D eigenvalue weighted by Gasteiger charge is -2.30. The number of morpholine rings is 1. The Morgan fingerprint density at radius 3 is 2.29 bits per heavy atom. The fourth-order valence-corrected chi connectivity index (χ4v) is 3.51. The minimum Gasteiger partial charge on any atom is -0.378 e. The molecule has 0 radical (unpaired) electrons. The summed E-state index contributed by atoms with van der Waals surface area (Å²) in [6.07, 6.45) is 0. The van der Waals surface area contributed by atoms with E-state index in [-0.39, 0.29) is 11.7 Å². The molecule has 0 bridgehead atoms. The number of carbonyl (C=O) groups excluding carboxylic acids is 1. The second kappa shape index (κ2) is 7.40. The average molecular weight is 381 g/mol. The lowest BCUT2D eigenvalue weighted by Crippen LogP contribution is -2.37. The Kier molecular flexibility index (Phi) is 4.79. The third-order valence-corrected chi connectivity index (χ3v) is 5.02. The summed E-state index contributed by atoms with van der Waals surface area (Å²) in [7, 11) is 3.48. The largest absolute Gasteiger partial charge is 0.378 e. The summed E-state index contributed by atoms with van der Waals surface area (Å²) in [5.74, 6) is 0. The third kappa shape index (κ3) is 3.34. The maximum absolute atomic E-state index is 12.6. The van der Waals surface area contributed by atoms with Gasteiger partial charge in [-0.2, -0.15) is 0 Å². The number of hydrogen-bond donors (Lipinski definition) is 2. The second-order valence-electron chi connectivity index (χ2n) is 6.80. The highest BCUT2D eigenvalue weighted by molar-refractivity contribution is 6.03. The van der Waals surface area contributed by atoms with E-state index in [1.165, 1.54) is 0 Å². The molecular formula is C20H23N5O3. The van der Waals surface area contributed by atoms with Crippen LogP contribution < -0.4 is 21.2 Å². The van der Waals surface area contributed by atoms with Crippen molar-refractivity contribution < 1.29 is 9.53 Å². The lowest BCUT2D eigenvalue weighted by atomic mass is 10.2. The number of hydrogen-bond acceptors (Lipinski definition) is 4. The highest BCUT2D eigenvalue weighted by Crippen LogP contribution is 2.31. The first-order valence-corrected chi connectivity index (χ1v) is 9.20. The molecule has 0 aliphatic carbocycles. The molecule has 2 N–H and O–H groups in total. The second-order valence-corrected chi connectivity index (χ2v) is 6.80. The van der Waals surface area contributed by atoms with Gasteiger partial charge in [0.15, 0.2) is 0 Å². The maximum atomic E-state index is 12.6. The van der Waals surface area contributed by atoms with Crippen LogP contribution in [0.3, 0.4) is 0 Å². The van der Waals surface area contributed by atoms with Crippen LogP contribution >= 0.6 is 0 Å². The van der Waals surface area contributed by atoms with Crippen LogP contribution in [0.5, 0.6) is 0 Å². The maximum Gasteiger partial charge on any atom is 0.328 e. The SMILES string of the molecule is Cn1c(=O)n(C)c2cc(N3CCOCC3)c(NC(=O)Nc3ccccc3)cc21. The topological polar surface area (TPSA) is 80.5 Å². The minimum atomic E-state index is -0.332. The summed E-state index contributed by atoms with van der Waals surface area (Å²) in [5, 5.41) is 5.78. The number of ether oxygens (including phenoxy) is 1. The zero-order valence-electron chi connectivity index (χ0n) is 15.9. The van der Waals surface area contributed by atoms with Gasteiger partial charge in [-0.25, -0.2) is 9.59 Å². The van der Waals surface area contributed by atoms with E-state index in [4.69, 9.17) is 4.74 Å². The van der Waals surface area contributed by atoms with Gasteiger partial charge in [0.2, 0.25) is 0 Å². The molecule has 1 aromatic heterocycles. The van der Waals surface area contributed by atoms with Crippen LogP contribution in [0.2, 0.25) is 0 Å². The van der Waals surface area contributed by atoms with Crippen LogP contribution in [-0.4, -0.2) is 41.5 Å². The number of aromatic nitrogens is 2. The van der Waals surface area contributed by atoms with Crippen molar-refractivity contribution >= 4 is 34.1 Å².